The van der Waals surface area contributed by atoms with Gasteiger partial charge in [0.25, 0.3) is 0 Å². The van der Waals surface area contributed by atoms with E-state index in [4.69, 9.17) is 10.6 Å². The van der Waals surface area contributed by atoms with Crippen LogP contribution in [0.4, 0.5) is 0 Å². The van der Waals surface area contributed by atoms with Crippen LogP contribution in [0.25, 0.3) is 0 Å². The Bertz CT molecular complexity index is 370. The van der Waals surface area contributed by atoms with Crippen LogP contribution in [0.1, 0.15) is 24.8 Å². The van der Waals surface area contributed by atoms with Crippen molar-refractivity contribution in [2.45, 2.75) is 43.9 Å². The molecule has 2 fully saturated rings. The standard InChI is InChI=1S/C13H19N3O/c14-16-12(6-9-2-1-5-15-8-9)11-7-10-3-4-13(11)17-10/h1-2,5,8,10-13,16H,3-4,6-7,14H2. The first kappa shape index (κ1) is 11.1. The second-order valence-electron chi connectivity index (χ2n) is 5.11. The Morgan fingerprint density at radius 1 is 1.53 bits per heavy atom. The first-order chi connectivity index (χ1) is 8.36. The van der Waals surface area contributed by atoms with Crippen LogP contribution in [0.5, 0.6) is 0 Å². The first-order valence-electron chi connectivity index (χ1n) is 6.37. The van der Waals surface area contributed by atoms with Crippen LogP contribution < -0.4 is 11.3 Å². The lowest BCUT2D eigenvalue weighted by molar-refractivity contribution is 0.0857. The number of hydrogen-bond donors (Lipinski definition) is 2. The van der Waals surface area contributed by atoms with Gasteiger partial charge in [-0.1, -0.05) is 6.07 Å². The molecule has 2 aliphatic heterocycles. The lowest BCUT2D eigenvalue weighted by Crippen LogP contribution is -2.45. The summed E-state index contributed by atoms with van der Waals surface area (Å²) in [6, 6.07) is 4.38. The van der Waals surface area contributed by atoms with E-state index in [2.05, 4.69) is 16.5 Å². The number of nitrogens with zero attached hydrogens (tertiary/aromatic N) is 1. The maximum Gasteiger partial charge on any atom is 0.0624 e. The Morgan fingerprint density at radius 2 is 2.47 bits per heavy atom. The highest BCUT2D eigenvalue weighted by Crippen LogP contribution is 2.40. The van der Waals surface area contributed by atoms with Crippen LogP contribution in [-0.4, -0.2) is 23.2 Å². The number of hydrogen-bond acceptors (Lipinski definition) is 4. The fraction of sp³-hybridized carbons (Fsp3) is 0.615. The molecule has 0 saturated carbocycles. The van der Waals surface area contributed by atoms with E-state index in [0.717, 1.165) is 12.8 Å². The van der Waals surface area contributed by atoms with E-state index in [1.54, 1.807) is 6.20 Å². The van der Waals surface area contributed by atoms with E-state index in [1.807, 2.05) is 12.3 Å². The molecule has 3 rings (SSSR count). The second-order valence-corrected chi connectivity index (χ2v) is 5.11. The minimum Gasteiger partial charge on any atom is -0.375 e. The second kappa shape index (κ2) is 4.72. The average molecular weight is 233 g/mol. The molecule has 4 unspecified atom stereocenters. The first-order valence-corrected chi connectivity index (χ1v) is 6.37. The molecule has 0 aromatic carbocycles. The molecule has 0 spiro atoms. The summed E-state index contributed by atoms with van der Waals surface area (Å²) in [5.74, 6) is 6.26. The van der Waals surface area contributed by atoms with Gasteiger partial charge in [-0.3, -0.25) is 16.3 Å². The zero-order valence-electron chi connectivity index (χ0n) is 9.88. The maximum atomic E-state index is 5.89. The molecule has 0 amide bonds. The minimum absolute atomic E-state index is 0.300. The van der Waals surface area contributed by atoms with Gasteiger partial charge in [0.15, 0.2) is 0 Å². The lowest BCUT2D eigenvalue weighted by Gasteiger charge is -2.27. The molecule has 92 valence electrons. The normalized spacial score (nSPS) is 32.9. The van der Waals surface area contributed by atoms with Crippen LogP contribution in [0.2, 0.25) is 0 Å². The van der Waals surface area contributed by atoms with E-state index >= 15 is 0 Å². The third kappa shape index (κ3) is 2.20. The van der Waals surface area contributed by atoms with Crippen molar-refractivity contribution in [3.63, 3.8) is 0 Å². The van der Waals surface area contributed by atoms with Gasteiger partial charge in [-0.2, -0.15) is 0 Å². The molecule has 3 heterocycles. The highest BCUT2D eigenvalue weighted by molar-refractivity contribution is 5.11. The summed E-state index contributed by atoms with van der Waals surface area (Å²) in [5.41, 5.74) is 4.20. The third-order valence-electron chi connectivity index (χ3n) is 4.06. The number of nitrogens with two attached hydrogens (primary N) is 1. The molecule has 0 aliphatic carbocycles. The number of aromatic nitrogens is 1. The van der Waals surface area contributed by atoms with Gasteiger partial charge in [-0.25, -0.2) is 0 Å². The molecule has 1 aromatic rings. The number of pyridine rings is 1. The molecular weight excluding hydrogens is 214 g/mol. The van der Waals surface area contributed by atoms with E-state index in [1.165, 1.54) is 18.4 Å². The van der Waals surface area contributed by atoms with Crippen molar-refractivity contribution in [3.8, 4) is 0 Å². The average Bonchev–Trinajstić information content (AvgIpc) is 2.99. The summed E-state index contributed by atoms with van der Waals surface area (Å²) in [5, 5.41) is 0. The summed E-state index contributed by atoms with van der Waals surface area (Å²) < 4.78 is 5.89. The summed E-state index contributed by atoms with van der Waals surface area (Å²) >= 11 is 0. The fourth-order valence-corrected chi connectivity index (χ4v) is 3.21. The highest BCUT2D eigenvalue weighted by atomic mass is 16.5. The number of rotatable bonds is 4. The van der Waals surface area contributed by atoms with Crippen LogP contribution >= 0.6 is 0 Å². The molecule has 0 radical (unpaired) electrons. The van der Waals surface area contributed by atoms with Crippen LogP contribution in [0.15, 0.2) is 24.5 Å². The molecule has 2 bridgehead atoms. The van der Waals surface area contributed by atoms with Crippen molar-refractivity contribution < 1.29 is 4.74 Å². The van der Waals surface area contributed by atoms with Gasteiger partial charge < -0.3 is 4.74 Å². The third-order valence-corrected chi connectivity index (χ3v) is 4.06. The molecule has 3 N–H and O–H groups in total. The Balaban J connectivity index is 1.68. The zero-order chi connectivity index (χ0) is 11.7. The van der Waals surface area contributed by atoms with Gasteiger partial charge >= 0.3 is 0 Å². The quantitative estimate of drug-likeness (QED) is 0.602. The molecule has 1 aromatic heterocycles. The molecule has 2 saturated heterocycles. The summed E-state index contributed by atoms with van der Waals surface area (Å²) in [6.45, 7) is 0. The summed E-state index contributed by atoms with van der Waals surface area (Å²) in [4.78, 5) is 4.15. The van der Waals surface area contributed by atoms with Crippen LogP contribution in [0.3, 0.4) is 0 Å². The molecular formula is C13H19N3O. The van der Waals surface area contributed by atoms with E-state index in [9.17, 15) is 0 Å². The molecule has 4 atom stereocenters. The molecule has 2 aliphatic rings. The smallest absolute Gasteiger partial charge is 0.0624 e. The predicted molar refractivity (Wildman–Crippen MR) is 65.1 cm³/mol. The molecule has 4 nitrogen and oxygen atoms in total. The van der Waals surface area contributed by atoms with Gasteiger partial charge in [0.1, 0.15) is 0 Å². The molecule has 17 heavy (non-hydrogen) atoms. The fourth-order valence-electron chi connectivity index (χ4n) is 3.21. The van der Waals surface area contributed by atoms with E-state index < -0.39 is 0 Å². The number of fused-ring (bicyclic) bond motifs is 2. The van der Waals surface area contributed by atoms with E-state index in [-0.39, 0.29) is 0 Å². The Labute approximate surface area is 102 Å². The Morgan fingerprint density at radius 3 is 3.06 bits per heavy atom. The monoisotopic (exact) mass is 233 g/mol. The van der Waals surface area contributed by atoms with Gasteiger partial charge in [-0.05, 0) is 37.3 Å². The van der Waals surface area contributed by atoms with Crippen molar-refractivity contribution in [1.29, 1.82) is 0 Å². The SMILES string of the molecule is NNC(Cc1cccnc1)C1CC2CCC1O2. The lowest BCUT2D eigenvalue weighted by atomic mass is 9.82. The zero-order valence-corrected chi connectivity index (χ0v) is 9.88. The number of ether oxygens (including phenoxy) is 1. The van der Waals surface area contributed by atoms with Gasteiger partial charge in [0.2, 0.25) is 0 Å². The maximum absolute atomic E-state index is 5.89. The van der Waals surface area contributed by atoms with E-state index in [0.29, 0.717) is 24.2 Å². The summed E-state index contributed by atoms with van der Waals surface area (Å²) in [6.07, 6.45) is 9.12. The van der Waals surface area contributed by atoms with Crippen molar-refractivity contribution in [2.75, 3.05) is 0 Å². The van der Waals surface area contributed by atoms with Crippen LogP contribution in [-0.2, 0) is 11.2 Å². The Kier molecular flexibility index (Phi) is 3.09. The van der Waals surface area contributed by atoms with Gasteiger partial charge in [0.05, 0.1) is 12.2 Å². The van der Waals surface area contributed by atoms with Crippen LogP contribution in [0, 0.1) is 5.92 Å². The van der Waals surface area contributed by atoms with Crippen molar-refractivity contribution in [2.24, 2.45) is 11.8 Å². The van der Waals surface area contributed by atoms with Crippen molar-refractivity contribution in [3.05, 3.63) is 30.1 Å². The van der Waals surface area contributed by atoms with Crippen molar-refractivity contribution in [1.82, 2.24) is 10.4 Å². The number of nitrogens with one attached hydrogen (secondary N) is 1. The number of hydrazine groups is 1. The highest BCUT2D eigenvalue weighted by Gasteiger charge is 2.43. The predicted octanol–water partition coefficient (Wildman–Crippen LogP) is 1.02. The summed E-state index contributed by atoms with van der Waals surface area (Å²) in [7, 11) is 0. The largest absolute Gasteiger partial charge is 0.375 e. The van der Waals surface area contributed by atoms with Crippen molar-refractivity contribution >= 4 is 0 Å². The molecule has 4 heteroatoms. The topological polar surface area (TPSA) is 60.2 Å². The Hall–Kier alpha value is -0.970. The van der Waals surface area contributed by atoms with Gasteiger partial charge in [0, 0.05) is 24.4 Å². The van der Waals surface area contributed by atoms with Gasteiger partial charge in [-0.15, -0.1) is 0 Å². The minimum atomic E-state index is 0.300.